The van der Waals surface area contributed by atoms with E-state index >= 15 is 0 Å². The van der Waals surface area contributed by atoms with Crippen molar-refractivity contribution in [2.24, 2.45) is 0 Å². The van der Waals surface area contributed by atoms with Crippen LogP contribution in [0.3, 0.4) is 0 Å². The maximum Gasteiger partial charge on any atom is 0.411 e. The van der Waals surface area contributed by atoms with Crippen molar-refractivity contribution < 1.29 is 9.90 Å². The largest absolute Gasteiger partial charge is 0.465 e. The highest BCUT2D eigenvalue weighted by atomic mass is 35.5. The number of halogens is 1. The smallest absolute Gasteiger partial charge is 0.411 e. The number of carbonyl (C=O) groups is 1. The van der Waals surface area contributed by atoms with Crippen LogP contribution in [0.1, 0.15) is 0 Å². The molecule has 5 nitrogen and oxygen atoms in total. The Bertz CT molecular complexity index is 951. The molecule has 0 saturated carbocycles. The van der Waals surface area contributed by atoms with Crippen LogP contribution in [0.25, 0.3) is 22.0 Å². The van der Waals surface area contributed by atoms with Crippen LogP contribution in [0.2, 0.25) is 5.02 Å². The van der Waals surface area contributed by atoms with Crippen molar-refractivity contribution in [1.29, 1.82) is 0 Å². The van der Waals surface area contributed by atoms with Crippen molar-refractivity contribution >= 4 is 34.3 Å². The van der Waals surface area contributed by atoms with Crippen molar-refractivity contribution in [3.63, 3.8) is 0 Å². The minimum absolute atomic E-state index is 0.0614. The summed E-state index contributed by atoms with van der Waals surface area (Å²) < 4.78 is 0. The lowest BCUT2D eigenvalue weighted by molar-refractivity contribution is 0.203. The number of nitrogens with one attached hydrogen (secondary N) is 1. The summed E-state index contributed by atoms with van der Waals surface area (Å²) in [7, 11) is 1.33. The van der Waals surface area contributed by atoms with Gasteiger partial charge in [-0.1, -0.05) is 41.9 Å². The Hall–Kier alpha value is -2.79. The third-order valence-electron chi connectivity index (χ3n) is 3.68. The Kier molecular flexibility index (Phi) is 3.80. The first kappa shape index (κ1) is 15.1. The molecule has 0 aliphatic carbocycles. The van der Waals surface area contributed by atoms with Gasteiger partial charge in [-0.15, -0.1) is 0 Å². The normalized spacial score (nSPS) is 10.7. The lowest BCUT2D eigenvalue weighted by atomic mass is 10.0. The molecule has 3 aromatic rings. The molecule has 2 N–H and O–H groups in total. The summed E-state index contributed by atoms with van der Waals surface area (Å²) in [5.74, 6) is 0. The Balaban J connectivity index is 2.27. The quantitative estimate of drug-likeness (QED) is 0.747. The van der Waals surface area contributed by atoms with Crippen LogP contribution in [0, 0.1) is 0 Å². The third-order valence-corrected chi connectivity index (χ3v) is 3.99. The van der Waals surface area contributed by atoms with E-state index in [1.165, 1.54) is 13.2 Å². The third kappa shape index (κ3) is 2.66. The van der Waals surface area contributed by atoms with E-state index in [0.29, 0.717) is 15.9 Å². The molecule has 116 valence electrons. The number of nitrogens with zero attached hydrogens (tertiary/aromatic N) is 1. The predicted molar refractivity (Wildman–Crippen MR) is 91.4 cm³/mol. The van der Waals surface area contributed by atoms with Gasteiger partial charge in [0.1, 0.15) is 5.69 Å². The second-order valence-corrected chi connectivity index (χ2v) is 5.50. The molecule has 1 amide bonds. The molecule has 2 aromatic carbocycles. The lowest BCUT2D eigenvalue weighted by Crippen LogP contribution is -2.29. The van der Waals surface area contributed by atoms with E-state index in [0.717, 1.165) is 16.0 Å². The van der Waals surface area contributed by atoms with Gasteiger partial charge in [-0.2, -0.15) is 0 Å². The number of pyridine rings is 1. The molecule has 1 aromatic heterocycles. The van der Waals surface area contributed by atoms with Gasteiger partial charge in [-0.25, -0.2) is 4.79 Å². The SMILES string of the molecule is CN(C(=O)O)c1c[nH]c2cc(Cl)c(-c3ccccc3)cc2c1=O. The predicted octanol–water partition coefficient (Wildman–Crippen LogP) is 3.96. The standard InChI is InChI=1S/C17H13ClN2O3/c1-20(17(22)23)15-9-19-14-8-13(18)11(7-12(14)16(15)21)10-5-3-2-4-6-10/h2-9H,1H3,(H,19,21)(H,22,23). The summed E-state index contributed by atoms with van der Waals surface area (Å²) in [6.45, 7) is 0. The zero-order chi connectivity index (χ0) is 16.6. The number of carboxylic acid groups (broad SMARTS) is 1. The minimum atomic E-state index is -1.20. The van der Waals surface area contributed by atoms with E-state index in [4.69, 9.17) is 16.7 Å². The Labute approximate surface area is 136 Å². The van der Waals surface area contributed by atoms with Gasteiger partial charge in [0.2, 0.25) is 5.43 Å². The van der Waals surface area contributed by atoms with Crippen LogP contribution in [-0.2, 0) is 0 Å². The number of benzene rings is 2. The number of hydrogen-bond donors (Lipinski definition) is 2. The van der Waals surface area contributed by atoms with E-state index < -0.39 is 6.09 Å². The van der Waals surface area contributed by atoms with Gasteiger partial charge >= 0.3 is 6.09 Å². The summed E-state index contributed by atoms with van der Waals surface area (Å²) in [6.07, 6.45) is 0.171. The average Bonchev–Trinajstić information content (AvgIpc) is 2.55. The van der Waals surface area contributed by atoms with Gasteiger partial charge in [0.05, 0.1) is 10.5 Å². The van der Waals surface area contributed by atoms with Crippen LogP contribution in [-0.4, -0.2) is 23.2 Å². The van der Waals surface area contributed by atoms with Crippen molar-refractivity contribution in [2.75, 3.05) is 11.9 Å². The number of hydrogen-bond acceptors (Lipinski definition) is 2. The van der Waals surface area contributed by atoms with Crippen molar-refractivity contribution in [1.82, 2.24) is 4.98 Å². The molecular weight excluding hydrogens is 316 g/mol. The maximum absolute atomic E-state index is 12.6. The molecule has 0 fully saturated rings. The first-order valence-corrected chi connectivity index (χ1v) is 7.24. The monoisotopic (exact) mass is 328 g/mol. The van der Waals surface area contributed by atoms with Crippen LogP contribution >= 0.6 is 11.6 Å². The number of aromatic nitrogens is 1. The Morgan fingerprint density at radius 2 is 1.91 bits per heavy atom. The summed E-state index contributed by atoms with van der Waals surface area (Å²) in [5, 5.41) is 9.96. The van der Waals surface area contributed by atoms with Gasteiger partial charge in [0.25, 0.3) is 0 Å². The van der Waals surface area contributed by atoms with Gasteiger partial charge < -0.3 is 10.1 Å². The molecule has 3 rings (SSSR count). The first-order valence-electron chi connectivity index (χ1n) is 6.86. The van der Waals surface area contributed by atoms with Gasteiger partial charge in [0, 0.05) is 24.2 Å². The Morgan fingerprint density at radius 1 is 1.22 bits per heavy atom. The van der Waals surface area contributed by atoms with Gasteiger partial charge in [-0.05, 0) is 17.7 Å². The second-order valence-electron chi connectivity index (χ2n) is 5.09. The summed E-state index contributed by atoms with van der Waals surface area (Å²) in [6, 6.07) is 12.8. The van der Waals surface area contributed by atoms with E-state index in [9.17, 15) is 9.59 Å². The number of H-pyrrole nitrogens is 1. The fourth-order valence-electron chi connectivity index (χ4n) is 2.42. The van der Waals surface area contributed by atoms with Gasteiger partial charge in [-0.3, -0.25) is 9.69 Å². The zero-order valence-corrected chi connectivity index (χ0v) is 13.0. The molecule has 23 heavy (non-hydrogen) atoms. The summed E-state index contributed by atoms with van der Waals surface area (Å²) in [4.78, 5) is 27.5. The lowest BCUT2D eigenvalue weighted by Gasteiger charge is -2.13. The second kappa shape index (κ2) is 5.78. The number of anilines is 1. The fourth-order valence-corrected chi connectivity index (χ4v) is 2.69. The van der Waals surface area contributed by atoms with Crippen LogP contribution in [0.15, 0.2) is 53.5 Å². The topological polar surface area (TPSA) is 73.4 Å². The van der Waals surface area contributed by atoms with Crippen LogP contribution < -0.4 is 10.3 Å². The molecule has 1 heterocycles. The minimum Gasteiger partial charge on any atom is -0.465 e. The summed E-state index contributed by atoms with van der Waals surface area (Å²) >= 11 is 6.32. The summed E-state index contributed by atoms with van der Waals surface area (Å²) in [5.41, 5.74) is 1.86. The van der Waals surface area contributed by atoms with E-state index in [1.807, 2.05) is 30.3 Å². The highest BCUT2D eigenvalue weighted by molar-refractivity contribution is 6.34. The van der Waals surface area contributed by atoms with Crippen LogP contribution in [0.4, 0.5) is 10.5 Å². The van der Waals surface area contributed by atoms with E-state index in [2.05, 4.69) is 4.98 Å². The molecule has 0 aliphatic heterocycles. The Morgan fingerprint density at radius 3 is 2.57 bits per heavy atom. The highest BCUT2D eigenvalue weighted by Crippen LogP contribution is 2.31. The molecular formula is C17H13ClN2O3. The molecule has 0 aliphatic rings. The maximum atomic E-state index is 12.6. The first-order chi connectivity index (χ1) is 11.0. The van der Waals surface area contributed by atoms with Crippen molar-refractivity contribution in [3.8, 4) is 11.1 Å². The number of fused-ring (bicyclic) bond motifs is 1. The molecule has 0 spiro atoms. The van der Waals surface area contributed by atoms with Crippen LogP contribution in [0.5, 0.6) is 0 Å². The number of rotatable bonds is 2. The molecule has 0 unspecified atom stereocenters. The average molecular weight is 329 g/mol. The van der Waals surface area contributed by atoms with E-state index in [-0.39, 0.29) is 11.1 Å². The highest BCUT2D eigenvalue weighted by Gasteiger charge is 2.16. The van der Waals surface area contributed by atoms with Crippen molar-refractivity contribution in [3.05, 3.63) is 63.9 Å². The van der Waals surface area contributed by atoms with E-state index in [1.54, 1.807) is 12.1 Å². The number of aromatic amines is 1. The zero-order valence-electron chi connectivity index (χ0n) is 12.2. The van der Waals surface area contributed by atoms with Gasteiger partial charge in [0.15, 0.2) is 0 Å². The molecule has 0 atom stereocenters. The van der Waals surface area contributed by atoms with Crippen molar-refractivity contribution in [2.45, 2.75) is 0 Å². The molecule has 0 saturated heterocycles. The number of amides is 1. The molecule has 6 heteroatoms. The molecule has 0 radical (unpaired) electrons. The molecule has 0 bridgehead atoms. The fraction of sp³-hybridized carbons (Fsp3) is 0.0588.